The Bertz CT molecular complexity index is 625. The van der Waals surface area contributed by atoms with Crippen molar-refractivity contribution in [1.82, 2.24) is 13.9 Å². The van der Waals surface area contributed by atoms with Gasteiger partial charge in [-0.05, 0) is 25.7 Å². The molecule has 1 aromatic rings. The largest absolute Gasteiger partial charge is 0.402 e. The molecule has 1 aliphatic carbocycles. The van der Waals surface area contributed by atoms with Gasteiger partial charge < -0.3 is 4.57 Å². The standard InChI is InChI=1S/C11H15ClF3N3O2S/c1-7(8-3-4-8)18(5-11(13,14)15)21(19,20)10-9(12)17(2)6-16-10/h6-8H,3-5H2,1-2H3. The Hall–Kier alpha value is -0.800. The van der Waals surface area contributed by atoms with E-state index in [4.69, 9.17) is 11.6 Å². The fourth-order valence-corrected chi connectivity index (χ4v) is 4.19. The molecule has 1 aromatic heterocycles. The number of nitrogens with zero attached hydrogens (tertiary/aromatic N) is 3. The number of imidazole rings is 1. The van der Waals surface area contributed by atoms with Gasteiger partial charge >= 0.3 is 6.18 Å². The molecule has 1 atom stereocenters. The first-order chi connectivity index (χ1) is 9.54. The molecule has 0 saturated heterocycles. The van der Waals surface area contributed by atoms with Crippen molar-refractivity contribution in [3.05, 3.63) is 11.5 Å². The van der Waals surface area contributed by atoms with Crippen LogP contribution in [0, 0.1) is 5.92 Å². The summed E-state index contributed by atoms with van der Waals surface area (Å²) in [5, 5.41) is -0.742. The van der Waals surface area contributed by atoms with E-state index in [0.717, 1.165) is 19.2 Å². The highest BCUT2D eigenvalue weighted by Gasteiger charge is 2.45. The van der Waals surface area contributed by atoms with E-state index in [1.165, 1.54) is 18.5 Å². The summed E-state index contributed by atoms with van der Waals surface area (Å²) in [6, 6.07) is -0.741. The van der Waals surface area contributed by atoms with Crippen LogP contribution in [0.5, 0.6) is 0 Å². The van der Waals surface area contributed by atoms with Crippen LogP contribution in [0.15, 0.2) is 11.4 Å². The molecule has 0 N–H and O–H groups in total. The van der Waals surface area contributed by atoms with Gasteiger partial charge in [-0.25, -0.2) is 13.4 Å². The highest BCUT2D eigenvalue weighted by molar-refractivity contribution is 7.89. The smallest absolute Gasteiger partial charge is 0.324 e. The third kappa shape index (κ3) is 3.51. The van der Waals surface area contributed by atoms with Crippen LogP contribution < -0.4 is 0 Å². The minimum atomic E-state index is -4.63. The highest BCUT2D eigenvalue weighted by atomic mass is 35.5. The predicted molar refractivity (Wildman–Crippen MR) is 70.4 cm³/mol. The second kappa shape index (κ2) is 5.44. The van der Waals surface area contributed by atoms with Crippen molar-refractivity contribution in [2.45, 2.75) is 37.0 Å². The van der Waals surface area contributed by atoms with E-state index in [-0.39, 0.29) is 11.1 Å². The summed E-state index contributed by atoms with van der Waals surface area (Å²) in [7, 11) is -2.93. The van der Waals surface area contributed by atoms with E-state index in [1.54, 1.807) is 0 Å². The van der Waals surface area contributed by atoms with Crippen LogP contribution in [0.25, 0.3) is 0 Å². The van der Waals surface area contributed by atoms with Crippen molar-refractivity contribution in [3.8, 4) is 0 Å². The highest BCUT2D eigenvalue weighted by Crippen LogP contribution is 2.38. The molecule has 0 radical (unpaired) electrons. The topological polar surface area (TPSA) is 55.2 Å². The average Bonchev–Trinajstić information content (AvgIpc) is 3.12. The van der Waals surface area contributed by atoms with Crippen LogP contribution in [0.1, 0.15) is 19.8 Å². The van der Waals surface area contributed by atoms with Crippen molar-refractivity contribution in [2.75, 3.05) is 6.54 Å². The van der Waals surface area contributed by atoms with Gasteiger partial charge in [-0.2, -0.15) is 17.5 Å². The second-order valence-electron chi connectivity index (χ2n) is 5.19. The summed E-state index contributed by atoms with van der Waals surface area (Å²) in [4.78, 5) is 3.63. The maximum absolute atomic E-state index is 12.7. The molecular formula is C11H15ClF3N3O2S. The lowest BCUT2D eigenvalue weighted by molar-refractivity contribution is -0.139. The Labute approximate surface area is 125 Å². The molecule has 0 spiro atoms. The van der Waals surface area contributed by atoms with Crippen LogP contribution in [0.2, 0.25) is 5.15 Å². The van der Waals surface area contributed by atoms with Gasteiger partial charge in [0.1, 0.15) is 11.7 Å². The molecule has 1 unspecified atom stereocenters. The molecular weight excluding hydrogens is 331 g/mol. The van der Waals surface area contributed by atoms with Crippen molar-refractivity contribution >= 4 is 21.6 Å². The Balaban J connectivity index is 2.41. The summed E-state index contributed by atoms with van der Waals surface area (Å²) >= 11 is 5.82. The Kier molecular flexibility index (Phi) is 4.29. The number of hydrogen-bond donors (Lipinski definition) is 0. The van der Waals surface area contributed by atoms with Gasteiger partial charge in [-0.15, -0.1) is 0 Å². The molecule has 10 heteroatoms. The number of aryl methyl sites for hydroxylation is 1. The third-order valence-electron chi connectivity index (χ3n) is 3.48. The van der Waals surface area contributed by atoms with E-state index >= 15 is 0 Å². The number of rotatable bonds is 5. The lowest BCUT2D eigenvalue weighted by Crippen LogP contribution is -2.45. The van der Waals surface area contributed by atoms with Gasteiger partial charge in [0.25, 0.3) is 10.0 Å². The number of aromatic nitrogens is 2. The Morgan fingerprint density at radius 1 is 1.52 bits per heavy atom. The zero-order valence-corrected chi connectivity index (χ0v) is 13.0. The molecule has 0 aliphatic heterocycles. The first-order valence-corrected chi connectivity index (χ1v) is 8.11. The summed E-state index contributed by atoms with van der Waals surface area (Å²) in [6.45, 7) is -0.0578. The number of hydrogen-bond acceptors (Lipinski definition) is 3. The third-order valence-corrected chi connectivity index (χ3v) is 5.91. The maximum atomic E-state index is 12.7. The zero-order chi connectivity index (χ0) is 16.0. The van der Waals surface area contributed by atoms with E-state index < -0.39 is 33.8 Å². The van der Waals surface area contributed by atoms with E-state index in [2.05, 4.69) is 4.98 Å². The number of sulfonamides is 1. The molecule has 1 fully saturated rings. The molecule has 2 rings (SSSR count). The van der Waals surface area contributed by atoms with Crippen molar-refractivity contribution < 1.29 is 21.6 Å². The first-order valence-electron chi connectivity index (χ1n) is 6.29. The maximum Gasteiger partial charge on any atom is 0.402 e. The first kappa shape index (κ1) is 16.6. The molecule has 1 heterocycles. The molecule has 0 amide bonds. The van der Waals surface area contributed by atoms with E-state index in [9.17, 15) is 21.6 Å². The predicted octanol–water partition coefficient (Wildman–Crippen LogP) is 2.43. The molecule has 5 nitrogen and oxygen atoms in total. The summed E-state index contributed by atoms with van der Waals surface area (Å²) < 4.78 is 64.9. The Morgan fingerprint density at radius 3 is 2.48 bits per heavy atom. The summed E-state index contributed by atoms with van der Waals surface area (Å²) in [5.74, 6) is -0.0513. The monoisotopic (exact) mass is 345 g/mol. The zero-order valence-electron chi connectivity index (χ0n) is 11.4. The van der Waals surface area contributed by atoms with E-state index in [1.807, 2.05) is 0 Å². The molecule has 1 aliphatic rings. The summed E-state index contributed by atoms with van der Waals surface area (Å²) in [5.41, 5.74) is 0. The van der Waals surface area contributed by atoms with Crippen LogP contribution in [0.4, 0.5) is 13.2 Å². The van der Waals surface area contributed by atoms with Crippen LogP contribution in [0.3, 0.4) is 0 Å². The lowest BCUT2D eigenvalue weighted by atomic mass is 10.2. The van der Waals surface area contributed by atoms with Gasteiger partial charge in [-0.1, -0.05) is 11.6 Å². The molecule has 0 aromatic carbocycles. The van der Waals surface area contributed by atoms with Gasteiger partial charge in [-0.3, -0.25) is 0 Å². The molecule has 120 valence electrons. The van der Waals surface area contributed by atoms with Crippen molar-refractivity contribution in [2.24, 2.45) is 13.0 Å². The number of alkyl halides is 3. The van der Waals surface area contributed by atoms with Crippen LogP contribution in [-0.4, -0.2) is 41.0 Å². The van der Waals surface area contributed by atoms with Gasteiger partial charge in [0, 0.05) is 13.1 Å². The Morgan fingerprint density at radius 2 is 2.10 bits per heavy atom. The summed E-state index contributed by atoms with van der Waals surface area (Å²) in [6.07, 6.45) is -2.03. The van der Waals surface area contributed by atoms with Gasteiger partial charge in [0.05, 0.1) is 6.33 Å². The quantitative estimate of drug-likeness (QED) is 0.823. The lowest BCUT2D eigenvalue weighted by Gasteiger charge is -2.28. The van der Waals surface area contributed by atoms with Crippen molar-refractivity contribution in [1.29, 1.82) is 0 Å². The fraction of sp³-hybridized carbons (Fsp3) is 0.727. The van der Waals surface area contributed by atoms with Crippen LogP contribution >= 0.6 is 11.6 Å². The van der Waals surface area contributed by atoms with E-state index in [0.29, 0.717) is 4.31 Å². The van der Waals surface area contributed by atoms with Crippen LogP contribution in [-0.2, 0) is 17.1 Å². The molecule has 1 saturated carbocycles. The fourth-order valence-electron chi connectivity index (χ4n) is 2.12. The van der Waals surface area contributed by atoms with Gasteiger partial charge in [0.2, 0.25) is 5.03 Å². The van der Waals surface area contributed by atoms with Gasteiger partial charge in [0.15, 0.2) is 0 Å². The molecule has 21 heavy (non-hydrogen) atoms. The average molecular weight is 346 g/mol. The normalized spacial score (nSPS) is 18.2. The minimum Gasteiger partial charge on any atom is -0.324 e. The SMILES string of the molecule is CC(C1CC1)N(CC(F)(F)F)S(=O)(=O)c1ncn(C)c1Cl. The minimum absolute atomic E-state index is 0.0513. The van der Waals surface area contributed by atoms with Crippen molar-refractivity contribution in [3.63, 3.8) is 0 Å². The number of halogens is 4. The second-order valence-corrected chi connectivity index (χ2v) is 7.36. The molecule has 0 bridgehead atoms.